The summed E-state index contributed by atoms with van der Waals surface area (Å²) in [6.45, 7) is 7.55. The van der Waals surface area contributed by atoms with Crippen LogP contribution in [0.2, 0.25) is 0 Å². The van der Waals surface area contributed by atoms with E-state index in [1.165, 1.54) is 11.7 Å². The van der Waals surface area contributed by atoms with Crippen LogP contribution < -0.4 is 5.69 Å². The smallest absolute Gasteiger partial charge is 0.340 e. The molecule has 0 spiro atoms. The van der Waals surface area contributed by atoms with Crippen LogP contribution in [0.5, 0.6) is 0 Å². The molecular weight excluding hydrogens is 320 g/mol. The molecule has 132 valence electrons. The van der Waals surface area contributed by atoms with E-state index in [0.29, 0.717) is 24.1 Å². The summed E-state index contributed by atoms with van der Waals surface area (Å²) in [6.07, 6.45) is 1.46. The third-order valence-corrected chi connectivity index (χ3v) is 5.19. The highest BCUT2D eigenvalue weighted by molar-refractivity contribution is 6.08. The van der Waals surface area contributed by atoms with Gasteiger partial charge in [0.1, 0.15) is 0 Å². The van der Waals surface area contributed by atoms with Gasteiger partial charge in [-0.2, -0.15) is 0 Å². The van der Waals surface area contributed by atoms with Gasteiger partial charge < -0.3 is 4.74 Å². The van der Waals surface area contributed by atoms with Crippen LogP contribution >= 0.6 is 0 Å². The number of hydrogen-bond donors (Lipinski definition) is 0. The van der Waals surface area contributed by atoms with Crippen molar-refractivity contribution in [2.75, 3.05) is 7.11 Å². The molecule has 0 N–H and O–H groups in total. The number of carbonyl (C=O) groups is 2. The van der Waals surface area contributed by atoms with Gasteiger partial charge in [-0.25, -0.2) is 9.36 Å². The number of carbonyl (C=O) groups excluding carboxylic acids is 2. The molecule has 2 aromatic heterocycles. The molecule has 0 aromatic carbocycles. The average molecular weight is 342 g/mol. The molecule has 0 unspecified atom stereocenters. The lowest BCUT2D eigenvalue weighted by atomic mass is 10.0. The monoisotopic (exact) mass is 342 g/mol. The van der Waals surface area contributed by atoms with E-state index in [2.05, 4.69) is 0 Å². The van der Waals surface area contributed by atoms with Gasteiger partial charge in [0.25, 0.3) is 5.91 Å². The van der Waals surface area contributed by atoms with Crippen molar-refractivity contribution in [3.05, 3.63) is 44.6 Å². The zero-order chi connectivity index (χ0) is 18.5. The second kappa shape index (κ2) is 6.02. The van der Waals surface area contributed by atoms with Gasteiger partial charge in [-0.15, -0.1) is 0 Å². The third kappa shape index (κ3) is 2.35. The summed E-state index contributed by atoms with van der Waals surface area (Å²) >= 11 is 0. The molecule has 2 aromatic rings. The van der Waals surface area contributed by atoms with Gasteiger partial charge in [0, 0.05) is 17.7 Å². The van der Waals surface area contributed by atoms with Gasteiger partial charge in [-0.05, 0) is 56.4 Å². The Bertz CT molecular complexity index is 1000. The number of nitrogens with zero attached hydrogens (tertiary/aromatic N) is 2. The fourth-order valence-corrected chi connectivity index (χ4v) is 3.78. The Morgan fingerprint density at radius 1 is 1.20 bits per heavy atom. The second-order valence-corrected chi connectivity index (χ2v) is 6.40. The van der Waals surface area contributed by atoms with Crippen molar-refractivity contribution in [2.45, 2.75) is 47.0 Å². The lowest BCUT2D eigenvalue weighted by molar-refractivity contribution is -0.140. The Morgan fingerprint density at radius 3 is 2.48 bits per heavy atom. The molecule has 6 heteroatoms. The zero-order valence-electron chi connectivity index (χ0n) is 15.2. The molecule has 0 bridgehead atoms. The van der Waals surface area contributed by atoms with E-state index in [1.54, 1.807) is 11.3 Å². The van der Waals surface area contributed by atoms with Crippen LogP contribution in [0.4, 0.5) is 0 Å². The van der Waals surface area contributed by atoms with Gasteiger partial charge in [0.05, 0.1) is 18.3 Å². The second-order valence-electron chi connectivity index (χ2n) is 6.40. The molecule has 0 radical (unpaired) electrons. The van der Waals surface area contributed by atoms with Gasteiger partial charge >= 0.3 is 11.7 Å². The van der Waals surface area contributed by atoms with Gasteiger partial charge in [0.15, 0.2) is 0 Å². The third-order valence-electron chi connectivity index (χ3n) is 5.19. The molecule has 6 nitrogen and oxygen atoms in total. The van der Waals surface area contributed by atoms with Crippen molar-refractivity contribution >= 4 is 23.0 Å². The molecule has 0 aliphatic carbocycles. The summed E-state index contributed by atoms with van der Waals surface area (Å²) in [5.41, 5.74) is 5.38. The lowest BCUT2D eigenvalue weighted by Crippen LogP contribution is -2.31. The maximum Gasteiger partial charge on any atom is 0.340 e. The predicted octanol–water partition coefficient (Wildman–Crippen LogP) is 2.66. The molecule has 1 aliphatic heterocycles. The summed E-state index contributed by atoms with van der Waals surface area (Å²) in [5, 5.41) is 0. The van der Waals surface area contributed by atoms with Crippen LogP contribution in [0.1, 0.15) is 54.0 Å². The van der Waals surface area contributed by atoms with Crippen molar-refractivity contribution in [3.8, 4) is 0 Å². The first kappa shape index (κ1) is 17.2. The predicted molar refractivity (Wildman–Crippen MR) is 95.0 cm³/mol. The summed E-state index contributed by atoms with van der Waals surface area (Å²) in [7, 11) is 1.36. The first-order valence-corrected chi connectivity index (χ1v) is 8.41. The molecule has 0 saturated carbocycles. The van der Waals surface area contributed by atoms with Crippen molar-refractivity contribution in [1.29, 1.82) is 0 Å². The number of fused-ring (bicyclic) bond motifs is 2. The number of esters is 1. The van der Waals surface area contributed by atoms with Gasteiger partial charge in [-0.1, -0.05) is 6.92 Å². The SMILES string of the molecule is CCC1=C(C)C(=O)n2c1cc1c(C)c(CCC(=O)OC)c(C)n1c2=O. The Hall–Kier alpha value is -2.63. The van der Waals surface area contributed by atoms with Crippen LogP contribution in [0.25, 0.3) is 11.1 Å². The maximum absolute atomic E-state index is 13.0. The summed E-state index contributed by atoms with van der Waals surface area (Å²) in [5.74, 6) is -0.532. The lowest BCUT2D eigenvalue weighted by Gasteiger charge is -2.07. The molecule has 0 atom stereocenters. The highest BCUT2D eigenvalue weighted by atomic mass is 16.5. The number of allylic oxidation sites excluding steroid dienone is 2. The van der Waals surface area contributed by atoms with E-state index < -0.39 is 0 Å². The minimum absolute atomic E-state index is 0.249. The zero-order valence-corrected chi connectivity index (χ0v) is 15.2. The van der Waals surface area contributed by atoms with Crippen molar-refractivity contribution in [3.63, 3.8) is 0 Å². The van der Waals surface area contributed by atoms with Gasteiger partial charge in [-0.3, -0.25) is 14.0 Å². The Balaban J connectivity index is 2.25. The van der Waals surface area contributed by atoms with E-state index >= 15 is 0 Å². The first-order chi connectivity index (χ1) is 11.8. The maximum atomic E-state index is 13.0. The fraction of sp³-hybridized carbons (Fsp3) is 0.421. The number of aryl methyl sites for hydroxylation is 2. The minimum atomic E-state index is -0.342. The van der Waals surface area contributed by atoms with Crippen LogP contribution in [0, 0.1) is 13.8 Å². The molecule has 0 fully saturated rings. The molecule has 0 amide bonds. The molecule has 0 saturated heterocycles. The number of aromatic nitrogens is 2. The topological polar surface area (TPSA) is 69.8 Å². The molecule has 3 heterocycles. The largest absolute Gasteiger partial charge is 0.469 e. The molecule has 1 aliphatic rings. The summed E-state index contributed by atoms with van der Waals surface area (Å²) in [6, 6.07) is 1.92. The first-order valence-electron chi connectivity index (χ1n) is 8.41. The van der Waals surface area contributed by atoms with E-state index in [0.717, 1.165) is 27.9 Å². The van der Waals surface area contributed by atoms with E-state index in [1.807, 2.05) is 26.8 Å². The molecular formula is C19H22N2O4. The fourth-order valence-electron chi connectivity index (χ4n) is 3.78. The Labute approximate surface area is 145 Å². The summed E-state index contributed by atoms with van der Waals surface area (Å²) in [4.78, 5) is 37.0. The van der Waals surface area contributed by atoms with Crippen LogP contribution in [0.15, 0.2) is 16.4 Å². The van der Waals surface area contributed by atoms with Crippen LogP contribution in [0.3, 0.4) is 0 Å². The van der Waals surface area contributed by atoms with Crippen molar-refractivity contribution < 1.29 is 14.3 Å². The number of ether oxygens (including phenoxy) is 1. The molecule has 3 rings (SSSR count). The highest BCUT2D eigenvalue weighted by Gasteiger charge is 2.29. The average Bonchev–Trinajstić information content (AvgIpc) is 2.98. The minimum Gasteiger partial charge on any atom is -0.469 e. The summed E-state index contributed by atoms with van der Waals surface area (Å²) < 4.78 is 7.55. The highest BCUT2D eigenvalue weighted by Crippen LogP contribution is 2.31. The van der Waals surface area contributed by atoms with Gasteiger partial charge in [0.2, 0.25) is 0 Å². The Morgan fingerprint density at radius 2 is 1.88 bits per heavy atom. The van der Waals surface area contributed by atoms with Crippen molar-refractivity contribution in [2.24, 2.45) is 0 Å². The standard InChI is InChI=1S/C19H22N2O4/c1-6-13-11(3)18(23)21-16(13)9-15-10(2)14(7-8-17(22)25-5)12(4)20(15)19(21)24/h9H,6-8H2,1-5H3. The number of rotatable bonds is 4. The Kier molecular flexibility index (Phi) is 4.14. The molecule has 25 heavy (non-hydrogen) atoms. The van der Waals surface area contributed by atoms with E-state index in [9.17, 15) is 14.4 Å². The normalized spacial score (nSPS) is 13.7. The van der Waals surface area contributed by atoms with Crippen LogP contribution in [-0.2, 0) is 16.0 Å². The quantitative estimate of drug-likeness (QED) is 0.801. The van der Waals surface area contributed by atoms with E-state index in [4.69, 9.17) is 4.74 Å². The number of methoxy groups -OCH3 is 1. The number of hydrogen-bond acceptors (Lipinski definition) is 4. The van der Waals surface area contributed by atoms with E-state index in [-0.39, 0.29) is 24.0 Å². The van der Waals surface area contributed by atoms with Crippen LogP contribution in [-0.4, -0.2) is 28.0 Å². The van der Waals surface area contributed by atoms with Crippen molar-refractivity contribution in [1.82, 2.24) is 8.97 Å².